The maximum Gasteiger partial charge on any atom is 0.698 e. The molecule has 0 amide bonds. The normalized spacial score (nSPS) is 35.4. The van der Waals surface area contributed by atoms with Crippen molar-refractivity contribution >= 4 is 51.1 Å². The molecular formula is C21H26FN10O11P2+. The van der Waals surface area contributed by atoms with Gasteiger partial charge in [-0.3, -0.25) is 28.0 Å². The van der Waals surface area contributed by atoms with Gasteiger partial charge >= 0.3 is 16.1 Å². The maximum atomic E-state index is 15.9. The number of fused-ring (bicyclic) bond motifs is 4. The molecule has 0 radical (unpaired) electrons. The molecule has 3 fully saturated rings. The minimum atomic E-state index is -5.08. The van der Waals surface area contributed by atoms with Gasteiger partial charge in [0, 0.05) is 11.6 Å². The van der Waals surface area contributed by atoms with Crippen molar-refractivity contribution in [2.24, 2.45) is 10.7 Å². The molecule has 6 heterocycles. The fraction of sp³-hybridized carbons (Fsp3) is 0.524. The number of phosphoric ester groups is 1. The summed E-state index contributed by atoms with van der Waals surface area (Å²) in [6.45, 7) is -1.45. The molecule has 45 heavy (non-hydrogen) atoms. The summed E-state index contributed by atoms with van der Waals surface area (Å²) in [5, 5.41) is 13.7. The molecule has 24 heteroatoms. The molecule has 3 aromatic rings. The summed E-state index contributed by atoms with van der Waals surface area (Å²) in [6, 6.07) is 0. The zero-order chi connectivity index (χ0) is 32.0. The van der Waals surface area contributed by atoms with Crippen LogP contribution in [-0.4, -0.2) is 108 Å². The number of aldehydes is 1. The van der Waals surface area contributed by atoms with E-state index in [0.717, 1.165) is 12.7 Å². The molecule has 10 atom stereocenters. The number of hydrogen-bond donors (Lipinski definition) is 5. The number of rotatable bonds is 4. The van der Waals surface area contributed by atoms with Gasteiger partial charge in [0.05, 0.1) is 19.3 Å². The predicted molar refractivity (Wildman–Crippen MR) is 146 cm³/mol. The van der Waals surface area contributed by atoms with Crippen molar-refractivity contribution in [1.29, 1.82) is 0 Å². The second kappa shape index (κ2) is 12.3. The van der Waals surface area contributed by atoms with E-state index in [2.05, 4.69) is 30.2 Å². The van der Waals surface area contributed by atoms with Crippen molar-refractivity contribution in [3.05, 3.63) is 24.7 Å². The third kappa shape index (κ3) is 5.92. The molecule has 6 rings (SSSR count). The third-order valence-corrected chi connectivity index (χ3v) is 8.91. The lowest BCUT2D eigenvalue weighted by Gasteiger charge is -2.23. The van der Waals surface area contributed by atoms with Crippen molar-refractivity contribution in [2.45, 2.75) is 49.1 Å². The van der Waals surface area contributed by atoms with Crippen LogP contribution in [0.5, 0.6) is 0 Å². The summed E-state index contributed by atoms with van der Waals surface area (Å²) in [6.07, 6.45) is -8.82. The van der Waals surface area contributed by atoms with E-state index in [9.17, 15) is 23.9 Å². The van der Waals surface area contributed by atoms with Crippen LogP contribution in [0.3, 0.4) is 0 Å². The van der Waals surface area contributed by atoms with Crippen LogP contribution < -0.4 is 16.8 Å². The number of aliphatic hydroxyl groups is 1. The van der Waals surface area contributed by atoms with Gasteiger partial charge in [0.15, 0.2) is 48.4 Å². The second-order valence-electron chi connectivity index (χ2n) is 9.81. The summed E-state index contributed by atoms with van der Waals surface area (Å²) in [5.74, 6) is -0.104. The van der Waals surface area contributed by atoms with Crippen molar-refractivity contribution in [2.75, 3.05) is 31.3 Å². The average Bonchev–Trinajstić information content (AvgIpc) is 3.76. The summed E-state index contributed by atoms with van der Waals surface area (Å²) in [5.41, 5.74) is 11.7. The molecule has 10 unspecified atom stereocenters. The number of phosphoric acid groups is 1. The quantitative estimate of drug-likeness (QED) is 0.101. The number of anilines is 2. The van der Waals surface area contributed by atoms with Gasteiger partial charge in [-0.05, 0) is 0 Å². The van der Waals surface area contributed by atoms with Gasteiger partial charge in [-0.1, -0.05) is 0 Å². The Bertz CT molecular complexity index is 1690. The Kier molecular flexibility index (Phi) is 8.61. The van der Waals surface area contributed by atoms with Gasteiger partial charge in [0.25, 0.3) is 0 Å². The smallest absolute Gasteiger partial charge is 0.387 e. The van der Waals surface area contributed by atoms with E-state index < -0.39 is 78.4 Å². The molecule has 21 nitrogen and oxygen atoms in total. The first kappa shape index (κ1) is 31.4. The number of nitrogens with zero attached hydrogens (tertiary/aromatic N) is 7. The van der Waals surface area contributed by atoms with Gasteiger partial charge in [0.2, 0.25) is 0 Å². The second-order valence-corrected chi connectivity index (χ2v) is 12.1. The number of nitrogens with two attached hydrogens (primary N) is 2. The highest BCUT2D eigenvalue weighted by Crippen LogP contribution is 2.51. The number of aliphatic hydroxyl groups excluding tert-OH is 1. The molecular weight excluding hydrogens is 649 g/mol. The van der Waals surface area contributed by atoms with Crippen LogP contribution in [0.25, 0.3) is 11.2 Å². The number of nitrogens with one attached hydrogen (secondary N) is 1. The number of carbonyl (C=O) groups is 1. The number of guanidine groups is 1. The minimum Gasteiger partial charge on any atom is -0.387 e. The fourth-order valence-electron chi connectivity index (χ4n) is 5.00. The summed E-state index contributed by atoms with van der Waals surface area (Å²) >= 11 is 0. The van der Waals surface area contributed by atoms with E-state index in [1.807, 2.05) is 0 Å². The molecule has 3 saturated heterocycles. The standard InChI is InChI=1S/C21H25FN10O11P2/c1-25-21(24)30-17-8(2-33)28-6-31(17)20-15-13(34)9(40-20)4-39-45(36,37)43-14-10(3-38-44(35)42-15)41-19(11(14)22)32-7-29-12-16(23)26-5-27-18(12)32/h2,5-7,9-11,13-15,19-20,34H,3-4H2,1H3,(H5-,23,24,25,26,27,30,33,36,37)/p+1. The lowest BCUT2D eigenvalue weighted by molar-refractivity contribution is -0.0619. The van der Waals surface area contributed by atoms with E-state index >= 15 is 4.39 Å². The summed E-state index contributed by atoms with van der Waals surface area (Å²) < 4.78 is 77.0. The van der Waals surface area contributed by atoms with Crippen LogP contribution >= 0.6 is 16.1 Å². The van der Waals surface area contributed by atoms with Crippen molar-refractivity contribution in [3.63, 3.8) is 0 Å². The number of aliphatic imine (C=N–C) groups is 1. The van der Waals surface area contributed by atoms with E-state index in [1.165, 1.54) is 22.5 Å². The van der Waals surface area contributed by atoms with E-state index in [-0.39, 0.29) is 34.5 Å². The number of ether oxygens (including phenoxy) is 2. The number of halogens is 1. The van der Waals surface area contributed by atoms with Crippen LogP contribution in [0.2, 0.25) is 0 Å². The molecule has 3 aliphatic heterocycles. The highest BCUT2D eigenvalue weighted by molar-refractivity contribution is 7.47. The molecule has 3 aromatic heterocycles. The minimum absolute atomic E-state index is 0.0184. The van der Waals surface area contributed by atoms with Crippen LogP contribution in [-0.2, 0) is 36.7 Å². The number of hydrogen-bond acceptors (Lipinski definition) is 16. The lowest BCUT2D eigenvalue weighted by atomic mass is 10.1. The Hall–Kier alpha value is -3.56. The predicted octanol–water partition coefficient (Wildman–Crippen LogP) is -0.457. The number of aromatic nitrogens is 6. The lowest BCUT2D eigenvalue weighted by Crippen LogP contribution is -2.35. The van der Waals surface area contributed by atoms with Crippen LogP contribution in [0.15, 0.2) is 24.0 Å². The Morgan fingerprint density at radius 3 is 2.69 bits per heavy atom. The molecule has 2 bridgehead atoms. The van der Waals surface area contributed by atoms with Gasteiger partial charge < -0.3 is 36.3 Å². The molecule has 0 aromatic carbocycles. The number of imidazole rings is 2. The molecule has 7 N–H and O–H groups in total. The molecule has 0 spiro atoms. The maximum absolute atomic E-state index is 15.9. The topological polar surface area (TPSA) is 285 Å². The van der Waals surface area contributed by atoms with Crippen LogP contribution in [0.1, 0.15) is 22.9 Å². The van der Waals surface area contributed by atoms with E-state index in [1.54, 1.807) is 0 Å². The first-order chi connectivity index (χ1) is 21.5. The Labute approximate surface area is 252 Å². The highest BCUT2D eigenvalue weighted by atomic mass is 31.2. The zero-order valence-electron chi connectivity index (χ0n) is 23.0. The monoisotopic (exact) mass is 675 g/mol. The molecule has 0 aliphatic carbocycles. The van der Waals surface area contributed by atoms with Gasteiger partial charge in [0.1, 0.15) is 54.4 Å². The highest BCUT2D eigenvalue weighted by Gasteiger charge is 2.55. The molecule has 3 aliphatic rings. The van der Waals surface area contributed by atoms with E-state index in [4.69, 9.17) is 39.0 Å². The van der Waals surface area contributed by atoms with Crippen molar-refractivity contribution < 1.29 is 55.9 Å². The molecule has 242 valence electrons. The zero-order valence-corrected chi connectivity index (χ0v) is 24.8. The third-order valence-electron chi connectivity index (χ3n) is 7.15. The number of alkyl halides is 1. The van der Waals surface area contributed by atoms with Crippen molar-refractivity contribution in [1.82, 2.24) is 29.1 Å². The van der Waals surface area contributed by atoms with Crippen LogP contribution in [0, 0.1) is 0 Å². The molecule has 0 saturated carbocycles. The average molecular weight is 675 g/mol. The van der Waals surface area contributed by atoms with Crippen LogP contribution in [0.4, 0.5) is 16.0 Å². The van der Waals surface area contributed by atoms with Gasteiger partial charge in [-0.15, -0.1) is 9.05 Å². The Morgan fingerprint density at radius 2 is 1.93 bits per heavy atom. The summed E-state index contributed by atoms with van der Waals surface area (Å²) in [7, 11) is -6.78. The Morgan fingerprint density at radius 1 is 1.18 bits per heavy atom. The first-order valence-electron chi connectivity index (χ1n) is 13.0. The van der Waals surface area contributed by atoms with E-state index in [0.29, 0.717) is 6.29 Å². The fourth-order valence-corrected chi connectivity index (χ4v) is 6.72. The summed E-state index contributed by atoms with van der Waals surface area (Å²) in [4.78, 5) is 41.8. The Balaban J connectivity index is 1.28. The largest absolute Gasteiger partial charge is 0.698 e. The first-order valence-corrected chi connectivity index (χ1v) is 15.6. The van der Waals surface area contributed by atoms with Crippen molar-refractivity contribution in [3.8, 4) is 0 Å². The number of carbonyl (C=O) groups excluding carboxylic acids is 1. The van der Waals surface area contributed by atoms with Gasteiger partial charge in [-0.25, -0.2) is 28.9 Å². The van der Waals surface area contributed by atoms with Gasteiger partial charge in [-0.2, -0.15) is 0 Å². The SMILES string of the molecule is CN=C(N)Nc1c(C=O)ncn1C1OC2COP(=O)(O)OC3C(CO[P+](=O)OC1C2O)OC(n1cnc2c(N)ncnc21)C3F. The number of nitrogen functional groups attached to an aromatic ring is 1.